The lowest BCUT2D eigenvalue weighted by Gasteiger charge is -2.35. The summed E-state index contributed by atoms with van der Waals surface area (Å²) in [6.07, 6.45) is 1.94. The number of sulfonamides is 1. The van der Waals surface area contributed by atoms with Crippen molar-refractivity contribution >= 4 is 15.9 Å². The predicted octanol–water partition coefficient (Wildman–Crippen LogP) is -0.579. The SMILES string of the molecule is CCOCCCNC(=O)C1CN(S(C)(=O)=O)C1. The highest BCUT2D eigenvalue weighted by molar-refractivity contribution is 7.88. The molecule has 0 aromatic rings. The fraction of sp³-hybridized carbons (Fsp3) is 0.900. The number of nitrogens with one attached hydrogen (secondary N) is 1. The first-order valence-corrected chi connectivity index (χ1v) is 7.60. The van der Waals surface area contributed by atoms with Crippen molar-refractivity contribution in [2.45, 2.75) is 13.3 Å². The summed E-state index contributed by atoms with van der Waals surface area (Å²) in [5, 5.41) is 2.78. The van der Waals surface area contributed by atoms with E-state index >= 15 is 0 Å². The lowest BCUT2D eigenvalue weighted by molar-refractivity contribution is -0.128. The Morgan fingerprint density at radius 2 is 2.12 bits per heavy atom. The summed E-state index contributed by atoms with van der Waals surface area (Å²) in [7, 11) is -3.13. The van der Waals surface area contributed by atoms with Crippen molar-refractivity contribution in [2.24, 2.45) is 5.92 Å². The van der Waals surface area contributed by atoms with Gasteiger partial charge in [0.2, 0.25) is 15.9 Å². The molecule has 1 saturated heterocycles. The monoisotopic (exact) mass is 264 g/mol. The standard InChI is InChI=1S/C10H20N2O4S/c1-3-16-6-4-5-11-10(13)9-7-12(8-9)17(2,14)15/h9H,3-8H2,1-2H3,(H,11,13). The van der Waals surface area contributed by atoms with E-state index in [-0.39, 0.29) is 11.8 Å². The van der Waals surface area contributed by atoms with E-state index in [0.29, 0.717) is 32.8 Å². The number of carbonyl (C=O) groups is 1. The maximum Gasteiger partial charge on any atom is 0.225 e. The van der Waals surface area contributed by atoms with E-state index in [1.165, 1.54) is 4.31 Å². The van der Waals surface area contributed by atoms with Crippen molar-refractivity contribution < 1.29 is 17.9 Å². The lowest BCUT2D eigenvalue weighted by Crippen LogP contribution is -2.55. The number of carbonyl (C=O) groups excluding carboxylic acids is 1. The summed E-state index contributed by atoms with van der Waals surface area (Å²) >= 11 is 0. The first kappa shape index (κ1) is 14.4. The van der Waals surface area contributed by atoms with Crippen LogP contribution in [-0.4, -0.2) is 57.7 Å². The van der Waals surface area contributed by atoms with Gasteiger partial charge in [-0.3, -0.25) is 4.79 Å². The molecule has 17 heavy (non-hydrogen) atoms. The molecule has 0 aliphatic carbocycles. The molecule has 1 N–H and O–H groups in total. The smallest absolute Gasteiger partial charge is 0.225 e. The Morgan fingerprint density at radius 1 is 1.47 bits per heavy atom. The Labute approximate surface area is 102 Å². The molecular weight excluding hydrogens is 244 g/mol. The minimum absolute atomic E-state index is 0.0681. The van der Waals surface area contributed by atoms with E-state index in [9.17, 15) is 13.2 Å². The molecule has 0 unspecified atom stereocenters. The summed E-state index contributed by atoms with van der Waals surface area (Å²) < 4.78 is 28.6. The van der Waals surface area contributed by atoms with E-state index in [2.05, 4.69) is 5.32 Å². The number of hydrogen-bond donors (Lipinski definition) is 1. The average molecular weight is 264 g/mol. The molecule has 100 valence electrons. The van der Waals surface area contributed by atoms with Crippen LogP contribution in [0.25, 0.3) is 0 Å². The molecule has 0 radical (unpaired) electrons. The van der Waals surface area contributed by atoms with Crippen molar-refractivity contribution in [3.05, 3.63) is 0 Å². The number of hydrogen-bond acceptors (Lipinski definition) is 4. The van der Waals surface area contributed by atoms with E-state index < -0.39 is 10.0 Å². The predicted molar refractivity (Wildman–Crippen MR) is 64.0 cm³/mol. The number of ether oxygens (including phenoxy) is 1. The van der Waals surface area contributed by atoms with Crippen LogP contribution in [-0.2, 0) is 19.6 Å². The number of amides is 1. The van der Waals surface area contributed by atoms with Crippen LogP contribution in [0.1, 0.15) is 13.3 Å². The van der Waals surface area contributed by atoms with Gasteiger partial charge in [0.05, 0.1) is 12.2 Å². The largest absolute Gasteiger partial charge is 0.382 e. The van der Waals surface area contributed by atoms with Gasteiger partial charge in [-0.2, -0.15) is 0 Å². The Kier molecular flexibility index (Phi) is 5.35. The first-order valence-electron chi connectivity index (χ1n) is 5.75. The summed E-state index contributed by atoms with van der Waals surface area (Å²) in [6.45, 7) is 4.42. The molecule has 1 aliphatic heterocycles. The van der Waals surface area contributed by atoms with E-state index in [0.717, 1.165) is 12.7 Å². The molecular formula is C10H20N2O4S. The van der Waals surface area contributed by atoms with Crippen LogP contribution in [0.15, 0.2) is 0 Å². The Hall–Kier alpha value is -0.660. The highest BCUT2D eigenvalue weighted by Crippen LogP contribution is 2.18. The highest BCUT2D eigenvalue weighted by Gasteiger charge is 2.37. The van der Waals surface area contributed by atoms with Crippen molar-refractivity contribution in [1.82, 2.24) is 9.62 Å². The lowest BCUT2D eigenvalue weighted by atomic mass is 10.0. The second kappa shape index (κ2) is 6.32. The van der Waals surface area contributed by atoms with Gasteiger partial charge in [-0.15, -0.1) is 0 Å². The summed E-state index contributed by atoms with van der Waals surface area (Å²) in [6, 6.07) is 0. The fourth-order valence-electron chi connectivity index (χ4n) is 1.55. The maximum atomic E-state index is 11.6. The van der Waals surface area contributed by atoms with Crippen LogP contribution < -0.4 is 5.32 Å². The van der Waals surface area contributed by atoms with Crippen molar-refractivity contribution in [3.63, 3.8) is 0 Å². The van der Waals surface area contributed by atoms with E-state index in [1.807, 2.05) is 6.92 Å². The zero-order chi connectivity index (χ0) is 12.9. The van der Waals surface area contributed by atoms with Gasteiger partial charge >= 0.3 is 0 Å². The van der Waals surface area contributed by atoms with E-state index in [4.69, 9.17) is 4.74 Å². The third kappa shape index (κ3) is 4.61. The highest BCUT2D eigenvalue weighted by atomic mass is 32.2. The average Bonchev–Trinajstić information content (AvgIpc) is 2.12. The third-order valence-electron chi connectivity index (χ3n) is 2.66. The van der Waals surface area contributed by atoms with Crippen LogP contribution in [0.4, 0.5) is 0 Å². The van der Waals surface area contributed by atoms with Gasteiger partial charge < -0.3 is 10.1 Å². The molecule has 0 spiro atoms. The molecule has 0 aromatic carbocycles. The van der Waals surface area contributed by atoms with Crippen molar-refractivity contribution in [1.29, 1.82) is 0 Å². The van der Waals surface area contributed by atoms with Gasteiger partial charge in [-0.25, -0.2) is 12.7 Å². The normalized spacial score (nSPS) is 17.8. The minimum Gasteiger partial charge on any atom is -0.382 e. The minimum atomic E-state index is -3.13. The summed E-state index contributed by atoms with van der Waals surface area (Å²) in [5.41, 5.74) is 0. The molecule has 1 heterocycles. The van der Waals surface area contributed by atoms with Gasteiger partial charge in [0.1, 0.15) is 0 Å². The van der Waals surface area contributed by atoms with Gasteiger partial charge in [0.25, 0.3) is 0 Å². The first-order chi connectivity index (χ1) is 7.95. The summed E-state index contributed by atoms with van der Waals surface area (Å²) in [5.74, 6) is -0.266. The van der Waals surface area contributed by atoms with Gasteiger partial charge in [0.15, 0.2) is 0 Å². The van der Waals surface area contributed by atoms with Gasteiger partial charge in [-0.1, -0.05) is 0 Å². The number of rotatable bonds is 7. The number of nitrogens with zero attached hydrogens (tertiary/aromatic N) is 1. The topological polar surface area (TPSA) is 75.7 Å². The molecule has 1 aliphatic rings. The molecule has 0 saturated carbocycles. The van der Waals surface area contributed by atoms with Crippen LogP contribution in [0.5, 0.6) is 0 Å². The molecule has 0 aromatic heterocycles. The van der Waals surface area contributed by atoms with Crippen LogP contribution >= 0.6 is 0 Å². The molecule has 0 bridgehead atoms. The fourth-order valence-corrected chi connectivity index (χ4v) is 2.45. The zero-order valence-corrected chi connectivity index (χ0v) is 11.1. The van der Waals surface area contributed by atoms with Crippen LogP contribution in [0.2, 0.25) is 0 Å². The molecule has 1 fully saturated rings. The van der Waals surface area contributed by atoms with Gasteiger partial charge in [0, 0.05) is 32.8 Å². The molecule has 1 amide bonds. The summed E-state index contributed by atoms with van der Waals surface area (Å²) in [4.78, 5) is 11.6. The molecule has 6 nitrogen and oxygen atoms in total. The van der Waals surface area contributed by atoms with Crippen LogP contribution in [0.3, 0.4) is 0 Å². The quantitative estimate of drug-likeness (QED) is 0.624. The van der Waals surface area contributed by atoms with Gasteiger partial charge in [-0.05, 0) is 13.3 Å². The second-order valence-electron chi connectivity index (χ2n) is 4.12. The maximum absolute atomic E-state index is 11.6. The third-order valence-corrected chi connectivity index (χ3v) is 3.89. The molecule has 0 atom stereocenters. The van der Waals surface area contributed by atoms with Crippen molar-refractivity contribution in [2.75, 3.05) is 39.1 Å². The molecule has 7 heteroatoms. The van der Waals surface area contributed by atoms with Crippen LogP contribution in [0, 0.1) is 5.92 Å². The van der Waals surface area contributed by atoms with E-state index in [1.54, 1.807) is 0 Å². The Morgan fingerprint density at radius 3 is 2.65 bits per heavy atom. The van der Waals surface area contributed by atoms with Crippen molar-refractivity contribution in [3.8, 4) is 0 Å². The Balaban J connectivity index is 2.11. The second-order valence-corrected chi connectivity index (χ2v) is 6.10. The Bertz CT molecular complexity index is 349. The molecule has 1 rings (SSSR count). The zero-order valence-electron chi connectivity index (χ0n) is 10.3.